The number of nitrogens with two attached hydrogens (primary N) is 2. The van der Waals surface area contributed by atoms with Crippen LogP contribution in [0.1, 0.15) is 53.4 Å². The van der Waals surface area contributed by atoms with Crippen LogP contribution in [-0.4, -0.2) is 38.3 Å². The van der Waals surface area contributed by atoms with E-state index in [2.05, 4.69) is 30.9 Å². The molecule has 0 saturated heterocycles. The van der Waals surface area contributed by atoms with Crippen molar-refractivity contribution in [2.24, 2.45) is 28.9 Å². The van der Waals surface area contributed by atoms with E-state index in [0.717, 1.165) is 34.6 Å². The predicted octanol–water partition coefficient (Wildman–Crippen LogP) is 3.81. The lowest BCUT2D eigenvalue weighted by atomic mass is 9.57. The summed E-state index contributed by atoms with van der Waals surface area (Å²) < 4.78 is 8.46. The van der Waals surface area contributed by atoms with Gasteiger partial charge in [-0.1, -0.05) is 19.9 Å². The van der Waals surface area contributed by atoms with Crippen molar-refractivity contribution < 1.29 is 9.53 Å². The minimum Gasteiger partial charge on any atom is -0.399 e. The Balaban J connectivity index is 0.000000225. The van der Waals surface area contributed by atoms with E-state index in [-0.39, 0.29) is 11.6 Å². The standard InChI is InChI=1S/C14H28N2O.C10H14N2OS/c1-9-5-10-6-11(12(9)16-3)8-14(2,7-10)13(15)17-4;1-10(2,7-13)12-14-9-5-3-4-8(11)6-9/h9-13,16H,5-8,15H2,1-4H3;3-7,12H,11H2,1-2H3/t9?,10?,11?,12?,13-,14?;/m1./s1. The van der Waals surface area contributed by atoms with E-state index >= 15 is 0 Å². The summed E-state index contributed by atoms with van der Waals surface area (Å²) in [6, 6.07) is 8.17. The van der Waals surface area contributed by atoms with Crippen molar-refractivity contribution in [1.82, 2.24) is 10.0 Å². The van der Waals surface area contributed by atoms with E-state index in [4.69, 9.17) is 16.2 Å². The number of rotatable bonds is 7. The fourth-order valence-electron chi connectivity index (χ4n) is 5.36. The average molecular weight is 451 g/mol. The van der Waals surface area contributed by atoms with E-state index in [9.17, 15) is 4.79 Å². The molecule has 2 bridgehead atoms. The molecule has 2 aliphatic rings. The largest absolute Gasteiger partial charge is 0.399 e. The molecule has 6 atom stereocenters. The zero-order valence-corrected chi connectivity index (χ0v) is 20.8. The van der Waals surface area contributed by atoms with Crippen molar-refractivity contribution in [2.45, 2.75) is 76.1 Å². The highest BCUT2D eigenvalue weighted by Gasteiger charge is 2.47. The fraction of sp³-hybridized carbons (Fsp3) is 0.708. The van der Waals surface area contributed by atoms with Gasteiger partial charge >= 0.3 is 0 Å². The molecule has 0 radical (unpaired) electrons. The van der Waals surface area contributed by atoms with Gasteiger partial charge in [-0.05, 0) is 94.5 Å². The Bertz CT molecular complexity index is 715. The van der Waals surface area contributed by atoms with Crippen LogP contribution < -0.4 is 21.5 Å². The van der Waals surface area contributed by atoms with Gasteiger partial charge in [-0.2, -0.15) is 0 Å². The van der Waals surface area contributed by atoms with E-state index in [1.165, 1.54) is 37.6 Å². The molecule has 0 amide bonds. The predicted molar refractivity (Wildman–Crippen MR) is 131 cm³/mol. The Morgan fingerprint density at radius 2 is 2.03 bits per heavy atom. The Morgan fingerprint density at radius 3 is 2.61 bits per heavy atom. The van der Waals surface area contributed by atoms with E-state index in [1.54, 1.807) is 7.11 Å². The maximum atomic E-state index is 10.6. The molecule has 7 heteroatoms. The van der Waals surface area contributed by atoms with Gasteiger partial charge in [0, 0.05) is 29.1 Å². The molecular formula is C24H42N4O2S. The maximum absolute atomic E-state index is 10.6. The highest BCUT2D eigenvalue weighted by Crippen LogP contribution is 2.51. The summed E-state index contributed by atoms with van der Waals surface area (Å²) in [5.74, 6) is 2.42. The molecular weight excluding hydrogens is 408 g/mol. The van der Waals surface area contributed by atoms with Crippen LogP contribution in [0, 0.1) is 23.2 Å². The molecule has 0 aromatic heterocycles. The van der Waals surface area contributed by atoms with Gasteiger partial charge in [-0.3, -0.25) is 0 Å². The number of nitrogens with one attached hydrogen (secondary N) is 2. The first-order valence-corrected chi connectivity index (χ1v) is 12.1. The van der Waals surface area contributed by atoms with E-state index < -0.39 is 5.54 Å². The minimum atomic E-state index is -0.519. The topological polar surface area (TPSA) is 102 Å². The first-order chi connectivity index (χ1) is 14.5. The van der Waals surface area contributed by atoms with E-state index in [0.29, 0.717) is 6.04 Å². The van der Waals surface area contributed by atoms with Crippen LogP contribution in [0.25, 0.3) is 0 Å². The molecule has 1 aromatic rings. The molecule has 1 aromatic carbocycles. The Labute approximate surface area is 192 Å². The third kappa shape index (κ3) is 7.19. The smallest absolute Gasteiger partial charge is 0.140 e. The summed E-state index contributed by atoms with van der Waals surface area (Å²) in [6.45, 7) is 8.33. The molecule has 6 nitrogen and oxygen atoms in total. The van der Waals surface area contributed by atoms with Crippen LogP contribution >= 0.6 is 11.9 Å². The summed E-state index contributed by atoms with van der Waals surface area (Å²) in [5, 5.41) is 3.52. The highest BCUT2D eigenvalue weighted by molar-refractivity contribution is 7.97. The van der Waals surface area contributed by atoms with Crippen molar-refractivity contribution in [1.29, 1.82) is 0 Å². The number of aldehydes is 1. The molecule has 3 rings (SSSR count). The van der Waals surface area contributed by atoms with E-state index in [1.807, 2.05) is 38.1 Å². The number of anilines is 1. The van der Waals surface area contributed by atoms with Crippen molar-refractivity contribution in [3.63, 3.8) is 0 Å². The number of hydrogen-bond donors (Lipinski definition) is 4. The van der Waals surface area contributed by atoms with Crippen LogP contribution in [0.15, 0.2) is 29.2 Å². The molecule has 0 aliphatic heterocycles. The molecule has 5 unspecified atom stereocenters. The molecule has 176 valence electrons. The molecule has 0 heterocycles. The quantitative estimate of drug-likeness (QED) is 0.217. The summed E-state index contributed by atoms with van der Waals surface area (Å²) in [5.41, 5.74) is 12.2. The van der Waals surface area contributed by atoms with Crippen LogP contribution in [-0.2, 0) is 9.53 Å². The van der Waals surface area contributed by atoms with Crippen molar-refractivity contribution in [3.8, 4) is 0 Å². The summed E-state index contributed by atoms with van der Waals surface area (Å²) in [6.07, 6.45) is 5.93. The number of fused-ring (bicyclic) bond motifs is 2. The van der Waals surface area contributed by atoms with Crippen LogP contribution in [0.3, 0.4) is 0 Å². The fourth-order valence-corrected chi connectivity index (χ4v) is 6.13. The number of methoxy groups -OCH3 is 1. The number of carbonyl (C=O) groups excluding carboxylic acids is 1. The number of hydrogen-bond acceptors (Lipinski definition) is 7. The van der Waals surface area contributed by atoms with Gasteiger partial charge in [0.2, 0.25) is 0 Å². The van der Waals surface area contributed by atoms with Gasteiger partial charge < -0.3 is 26.3 Å². The minimum absolute atomic E-state index is 0.112. The second-order valence-electron chi connectivity index (χ2n) is 10.2. The second kappa shape index (κ2) is 11.1. The van der Waals surface area contributed by atoms with Crippen LogP contribution in [0.5, 0.6) is 0 Å². The number of carbonyl (C=O) groups is 1. The van der Waals surface area contributed by atoms with Crippen molar-refractivity contribution >= 4 is 23.9 Å². The second-order valence-corrected chi connectivity index (χ2v) is 11.1. The molecule has 31 heavy (non-hydrogen) atoms. The lowest BCUT2D eigenvalue weighted by Gasteiger charge is -2.52. The Morgan fingerprint density at radius 1 is 1.32 bits per heavy atom. The summed E-state index contributed by atoms with van der Waals surface area (Å²) in [4.78, 5) is 11.6. The molecule has 2 saturated carbocycles. The lowest BCUT2D eigenvalue weighted by Crippen LogP contribution is -2.54. The van der Waals surface area contributed by atoms with Gasteiger partial charge in [-0.25, -0.2) is 4.72 Å². The zero-order valence-electron chi connectivity index (χ0n) is 20.0. The van der Waals surface area contributed by atoms with Crippen LogP contribution in [0.2, 0.25) is 0 Å². The SMILES string of the molecule is CC(C)(C=O)NSc1cccc(N)c1.CNC1C(C)CC2CC1CC(C)([C@H](N)OC)C2. The summed E-state index contributed by atoms with van der Waals surface area (Å²) in [7, 11) is 3.84. The van der Waals surface area contributed by atoms with Gasteiger partial charge in [-0.15, -0.1) is 0 Å². The molecule has 2 aliphatic carbocycles. The molecule has 2 fully saturated rings. The Kier molecular flexibility index (Phi) is 9.40. The third-order valence-corrected chi connectivity index (χ3v) is 7.92. The van der Waals surface area contributed by atoms with Crippen molar-refractivity contribution in [2.75, 3.05) is 19.9 Å². The first kappa shape index (κ1) is 26.1. The van der Waals surface area contributed by atoms with Crippen molar-refractivity contribution in [3.05, 3.63) is 24.3 Å². The summed E-state index contributed by atoms with van der Waals surface area (Å²) >= 11 is 1.40. The number of benzene rings is 1. The third-order valence-electron chi connectivity index (χ3n) is 6.80. The number of ether oxygens (including phenoxy) is 1. The van der Waals surface area contributed by atoms with Crippen LogP contribution in [0.4, 0.5) is 5.69 Å². The number of nitrogen functional groups attached to an aromatic ring is 1. The lowest BCUT2D eigenvalue weighted by molar-refractivity contribution is -0.111. The van der Waals surface area contributed by atoms with Gasteiger partial charge in [0.05, 0.1) is 5.54 Å². The zero-order chi connectivity index (χ0) is 23.2. The van der Waals surface area contributed by atoms with Gasteiger partial charge in [0.1, 0.15) is 12.5 Å². The Hall–Kier alpha value is -1.12. The normalized spacial score (nSPS) is 31.3. The van der Waals surface area contributed by atoms with Gasteiger partial charge in [0.15, 0.2) is 0 Å². The average Bonchev–Trinajstić information content (AvgIpc) is 2.72. The first-order valence-electron chi connectivity index (χ1n) is 11.2. The monoisotopic (exact) mass is 450 g/mol. The molecule has 0 spiro atoms. The highest BCUT2D eigenvalue weighted by atomic mass is 32.2. The molecule has 6 N–H and O–H groups in total. The van der Waals surface area contributed by atoms with Gasteiger partial charge in [0.25, 0.3) is 0 Å². The maximum Gasteiger partial charge on any atom is 0.140 e.